The molecule has 3 amide bonds. The van der Waals surface area contributed by atoms with E-state index < -0.39 is 66.2 Å². The molecule has 0 radical (unpaired) electrons. The number of ether oxygens (including phenoxy) is 1. The minimum atomic E-state index is -3.04. The van der Waals surface area contributed by atoms with Gasteiger partial charge in [-0.2, -0.15) is 0 Å². The summed E-state index contributed by atoms with van der Waals surface area (Å²) in [4.78, 5) is 60.7. The summed E-state index contributed by atoms with van der Waals surface area (Å²) in [5.41, 5.74) is -0.809. The Morgan fingerprint density at radius 1 is 0.882 bits per heavy atom. The van der Waals surface area contributed by atoms with Crippen molar-refractivity contribution in [3.05, 3.63) is 0 Å². The third-order valence-electron chi connectivity index (χ3n) is 4.77. The number of Topliss-reactive ketones (excluding diaryl/α,β-unsaturated/α-hetero) is 1. The van der Waals surface area contributed by atoms with Gasteiger partial charge < -0.3 is 25.8 Å². The zero-order chi connectivity index (χ0) is 26.8. The number of halogens is 2. The molecule has 12 heteroatoms. The molecule has 4 N–H and O–H groups in total. The van der Waals surface area contributed by atoms with Gasteiger partial charge in [-0.3, -0.25) is 14.4 Å². The Morgan fingerprint density at radius 2 is 1.41 bits per heavy atom. The number of rotatable bonds is 13. The predicted molar refractivity (Wildman–Crippen MR) is 119 cm³/mol. The Labute approximate surface area is 198 Å². The summed E-state index contributed by atoms with van der Waals surface area (Å²) in [6, 6.07) is -4.29. The number of carbonyl (C=O) groups is 5. The Hall–Kier alpha value is -2.79. The number of carboxylic acids is 1. The van der Waals surface area contributed by atoms with Crippen LogP contribution in [0.25, 0.3) is 0 Å². The summed E-state index contributed by atoms with van der Waals surface area (Å²) in [5, 5.41) is 15.9. The van der Waals surface area contributed by atoms with Crippen LogP contribution in [-0.4, -0.2) is 64.9 Å². The van der Waals surface area contributed by atoms with E-state index in [9.17, 15) is 32.8 Å². The fraction of sp³-hybridized carbons (Fsp3) is 0.773. The van der Waals surface area contributed by atoms with Gasteiger partial charge in [-0.1, -0.05) is 34.1 Å². The summed E-state index contributed by atoms with van der Waals surface area (Å²) < 4.78 is 30.9. The predicted octanol–water partition coefficient (Wildman–Crippen LogP) is 2.25. The van der Waals surface area contributed by atoms with Gasteiger partial charge in [0.05, 0.1) is 0 Å². The van der Waals surface area contributed by atoms with Crippen LogP contribution in [0.4, 0.5) is 13.6 Å². The van der Waals surface area contributed by atoms with Crippen LogP contribution in [0.15, 0.2) is 0 Å². The minimum Gasteiger partial charge on any atom is -0.475 e. The van der Waals surface area contributed by atoms with Crippen LogP contribution >= 0.6 is 0 Å². The lowest BCUT2D eigenvalue weighted by molar-refractivity contribution is -0.151. The Bertz CT molecular complexity index is 739. The van der Waals surface area contributed by atoms with Crippen LogP contribution in [0.2, 0.25) is 0 Å². The topological polar surface area (TPSA) is 151 Å². The number of carbonyl (C=O) groups excluding carboxylic acids is 4. The lowest BCUT2D eigenvalue weighted by Gasteiger charge is -2.29. The van der Waals surface area contributed by atoms with Crippen molar-refractivity contribution in [2.24, 2.45) is 11.8 Å². The maximum atomic E-state index is 13.0. The van der Waals surface area contributed by atoms with E-state index in [1.165, 1.54) is 0 Å². The summed E-state index contributed by atoms with van der Waals surface area (Å²) >= 11 is 0. The van der Waals surface area contributed by atoms with E-state index in [1.54, 1.807) is 48.5 Å². The van der Waals surface area contributed by atoms with Crippen molar-refractivity contribution in [1.82, 2.24) is 16.0 Å². The van der Waals surface area contributed by atoms with Crippen molar-refractivity contribution in [3.63, 3.8) is 0 Å². The van der Waals surface area contributed by atoms with E-state index >= 15 is 0 Å². The first-order valence-electron chi connectivity index (χ1n) is 11.1. The molecule has 10 nitrogen and oxygen atoms in total. The van der Waals surface area contributed by atoms with Gasteiger partial charge in [-0.15, -0.1) is 0 Å². The number of carboxylic acid groups (broad SMARTS) is 1. The van der Waals surface area contributed by atoms with Gasteiger partial charge in [0.2, 0.25) is 18.2 Å². The SMILES string of the molecule is CC[C@H](C)C(NC(=O)OC(C)(C)C)C(=O)NC(CC(C)C)C(=O)NC(CC(F)F)C(=O)C(=O)O. The molecule has 0 rings (SSSR count). The van der Waals surface area contributed by atoms with Crippen LogP contribution < -0.4 is 16.0 Å². The van der Waals surface area contributed by atoms with Crippen LogP contribution in [0.1, 0.15) is 67.7 Å². The third kappa shape index (κ3) is 11.9. The largest absolute Gasteiger partial charge is 0.475 e. The van der Waals surface area contributed by atoms with Crippen molar-refractivity contribution in [3.8, 4) is 0 Å². The molecule has 0 aliphatic heterocycles. The molecular formula is C22H37F2N3O7. The molecule has 0 aromatic heterocycles. The number of alkyl halides is 2. The third-order valence-corrected chi connectivity index (χ3v) is 4.77. The number of hydrogen-bond donors (Lipinski definition) is 4. The van der Waals surface area contributed by atoms with Crippen molar-refractivity contribution in [2.75, 3.05) is 0 Å². The molecule has 0 aliphatic rings. The summed E-state index contributed by atoms with van der Waals surface area (Å²) in [6.07, 6.45) is -4.49. The number of nitrogens with one attached hydrogen (secondary N) is 3. The molecule has 0 aliphatic carbocycles. The fourth-order valence-corrected chi connectivity index (χ4v) is 2.93. The normalized spacial score (nSPS) is 15.1. The maximum Gasteiger partial charge on any atom is 0.408 e. The maximum absolute atomic E-state index is 13.0. The van der Waals surface area contributed by atoms with E-state index in [4.69, 9.17) is 9.84 Å². The standard InChI is InChI=1S/C22H37F2N3O7/c1-8-12(4)16(27-21(33)34-22(5,6)7)19(30)26-14(9-11(2)3)18(29)25-13(10-15(23)24)17(28)20(31)32/h11-16H,8-10H2,1-7H3,(H,25,29)(H,26,30)(H,27,33)(H,31,32)/t12-,13?,14?,16?/m0/s1. The van der Waals surface area contributed by atoms with E-state index in [0.29, 0.717) is 6.42 Å². The Kier molecular flexibility index (Phi) is 12.7. The molecular weight excluding hydrogens is 456 g/mol. The quantitative estimate of drug-likeness (QED) is 0.287. The second kappa shape index (κ2) is 13.8. The van der Waals surface area contributed by atoms with Crippen LogP contribution in [0, 0.1) is 11.8 Å². The Balaban J connectivity index is 5.69. The first-order valence-corrected chi connectivity index (χ1v) is 11.1. The molecule has 0 bridgehead atoms. The molecule has 0 aromatic rings. The Morgan fingerprint density at radius 3 is 1.82 bits per heavy atom. The molecule has 196 valence electrons. The average molecular weight is 494 g/mol. The van der Waals surface area contributed by atoms with Gasteiger partial charge in [-0.25, -0.2) is 18.4 Å². The molecule has 0 saturated carbocycles. The summed E-state index contributed by atoms with van der Waals surface area (Å²) in [6.45, 7) is 12.0. The lowest BCUT2D eigenvalue weighted by atomic mass is 9.96. The zero-order valence-corrected chi connectivity index (χ0v) is 20.7. The van der Waals surface area contributed by atoms with E-state index in [0.717, 1.165) is 0 Å². The fourth-order valence-electron chi connectivity index (χ4n) is 2.93. The molecule has 0 heterocycles. The first-order chi connectivity index (χ1) is 15.5. The van der Waals surface area contributed by atoms with Gasteiger partial charge in [0.1, 0.15) is 23.7 Å². The van der Waals surface area contributed by atoms with Crippen LogP contribution in [0.3, 0.4) is 0 Å². The molecule has 34 heavy (non-hydrogen) atoms. The minimum absolute atomic E-state index is 0.0693. The van der Waals surface area contributed by atoms with Crippen molar-refractivity contribution in [2.45, 2.75) is 97.9 Å². The van der Waals surface area contributed by atoms with Crippen molar-refractivity contribution in [1.29, 1.82) is 0 Å². The van der Waals surface area contributed by atoms with Crippen molar-refractivity contribution < 1.29 is 42.6 Å². The van der Waals surface area contributed by atoms with E-state index in [2.05, 4.69) is 10.6 Å². The highest BCUT2D eigenvalue weighted by molar-refractivity contribution is 6.35. The monoisotopic (exact) mass is 493 g/mol. The number of aliphatic carboxylic acids is 1. The van der Waals surface area contributed by atoms with Crippen LogP contribution in [0.5, 0.6) is 0 Å². The lowest BCUT2D eigenvalue weighted by Crippen LogP contribution is -2.58. The second-order valence-electron chi connectivity index (χ2n) is 9.56. The van der Waals surface area contributed by atoms with Crippen molar-refractivity contribution >= 4 is 29.7 Å². The molecule has 4 atom stereocenters. The van der Waals surface area contributed by atoms with Gasteiger partial charge >= 0.3 is 12.1 Å². The van der Waals surface area contributed by atoms with Gasteiger partial charge in [0.25, 0.3) is 5.78 Å². The molecule has 0 aromatic carbocycles. The molecule has 0 spiro atoms. The van der Waals surface area contributed by atoms with E-state index in [-0.39, 0.29) is 18.3 Å². The van der Waals surface area contributed by atoms with E-state index in [1.807, 2.05) is 5.32 Å². The van der Waals surface area contributed by atoms with Gasteiger partial charge in [0.15, 0.2) is 0 Å². The zero-order valence-electron chi connectivity index (χ0n) is 20.7. The second-order valence-corrected chi connectivity index (χ2v) is 9.56. The summed E-state index contributed by atoms with van der Waals surface area (Å²) in [7, 11) is 0. The highest BCUT2D eigenvalue weighted by Gasteiger charge is 2.35. The molecule has 0 saturated heterocycles. The summed E-state index contributed by atoms with van der Waals surface area (Å²) in [5.74, 6) is -5.74. The number of amides is 3. The smallest absolute Gasteiger partial charge is 0.408 e. The molecule has 0 fully saturated rings. The first kappa shape index (κ1) is 31.2. The highest BCUT2D eigenvalue weighted by Crippen LogP contribution is 2.14. The van der Waals surface area contributed by atoms with Gasteiger partial charge in [0, 0.05) is 6.42 Å². The van der Waals surface area contributed by atoms with Gasteiger partial charge in [-0.05, 0) is 39.0 Å². The number of alkyl carbamates (subject to hydrolysis) is 1. The molecule has 3 unspecified atom stereocenters. The highest BCUT2D eigenvalue weighted by atomic mass is 19.3. The number of hydrogen-bond acceptors (Lipinski definition) is 6. The van der Waals surface area contributed by atoms with Crippen LogP contribution in [-0.2, 0) is 23.9 Å². The average Bonchev–Trinajstić information content (AvgIpc) is 2.67. The number of ketones is 1.